The molecule has 8 nitrogen and oxygen atoms in total. The maximum atomic E-state index is 12.6. The number of nitrogens with one attached hydrogen (secondary N) is 1. The first kappa shape index (κ1) is 23.3. The van der Waals surface area contributed by atoms with Gasteiger partial charge in [0.2, 0.25) is 5.54 Å². The Kier molecular flexibility index (Phi) is 6.57. The number of nitrogens with zero attached hydrogens (tertiary/aromatic N) is 1. The number of ether oxygens (including phenoxy) is 1. The van der Waals surface area contributed by atoms with Crippen molar-refractivity contribution in [3.63, 3.8) is 0 Å². The van der Waals surface area contributed by atoms with Crippen LogP contribution in [0.3, 0.4) is 0 Å². The summed E-state index contributed by atoms with van der Waals surface area (Å²) in [4.78, 5) is 40.2. The monoisotopic (exact) mass is 476 g/mol. The molecule has 3 rings (SSSR count). The van der Waals surface area contributed by atoms with Crippen molar-refractivity contribution in [1.29, 1.82) is 0 Å². The molecule has 2 aromatic carbocycles. The van der Waals surface area contributed by atoms with Crippen LogP contribution in [-0.2, 0) is 19.9 Å². The van der Waals surface area contributed by atoms with Gasteiger partial charge in [-0.3, -0.25) is 10.3 Å². The van der Waals surface area contributed by atoms with E-state index >= 15 is 0 Å². The molecule has 1 aliphatic heterocycles. The van der Waals surface area contributed by atoms with Crippen molar-refractivity contribution >= 4 is 52.5 Å². The zero-order valence-corrected chi connectivity index (χ0v) is 18.4. The molecule has 0 aliphatic carbocycles. The molecule has 0 spiro atoms. The second-order valence-electron chi connectivity index (χ2n) is 7.16. The number of hydrogen-bond donors (Lipinski definition) is 3. The van der Waals surface area contributed by atoms with E-state index in [9.17, 15) is 19.5 Å². The van der Waals surface area contributed by atoms with E-state index in [-0.39, 0.29) is 38.3 Å². The van der Waals surface area contributed by atoms with E-state index in [1.165, 1.54) is 30.3 Å². The van der Waals surface area contributed by atoms with Gasteiger partial charge >= 0.3 is 18.0 Å². The molecule has 0 saturated carbocycles. The third-order valence-corrected chi connectivity index (χ3v) is 5.30. The zero-order chi connectivity index (χ0) is 23.6. The number of amides is 1. The largest absolute Gasteiger partial charge is 0.479 e. The molecule has 1 amide bonds. The summed E-state index contributed by atoms with van der Waals surface area (Å²) in [6.07, 6.45) is 0.936. The summed E-state index contributed by atoms with van der Waals surface area (Å²) in [5, 5.41) is 22.9. The molecule has 1 unspecified atom stereocenters. The maximum Gasteiger partial charge on any atom is 0.411 e. The fraction of sp³-hybridized carbons (Fsp3) is 0.182. The molecule has 1 aliphatic rings. The number of benzene rings is 2. The average Bonchev–Trinajstić information content (AvgIpc) is 3.00. The average molecular weight is 477 g/mol. The normalized spacial score (nSPS) is 17.2. The lowest BCUT2D eigenvalue weighted by atomic mass is 9.82. The zero-order valence-electron chi connectivity index (χ0n) is 16.9. The summed E-state index contributed by atoms with van der Waals surface area (Å²) in [5.74, 6) is -2.62. The van der Waals surface area contributed by atoms with Crippen LogP contribution in [0.15, 0.2) is 53.5 Å². The summed E-state index contributed by atoms with van der Waals surface area (Å²) in [7, 11) is 0. The molecule has 0 bridgehead atoms. The highest BCUT2D eigenvalue weighted by molar-refractivity contribution is 6.42. The highest BCUT2D eigenvalue weighted by Crippen LogP contribution is 2.38. The molecule has 0 radical (unpaired) electrons. The Morgan fingerprint density at radius 1 is 1.12 bits per heavy atom. The van der Waals surface area contributed by atoms with Crippen LogP contribution in [0.1, 0.15) is 19.4 Å². The number of aliphatic carboxylic acids is 2. The lowest BCUT2D eigenvalue weighted by Crippen LogP contribution is -2.34. The molecule has 3 N–H and O–H groups in total. The summed E-state index contributed by atoms with van der Waals surface area (Å²) in [5.41, 5.74) is -1.46. The Labute approximate surface area is 192 Å². The van der Waals surface area contributed by atoms with E-state index in [1.54, 1.807) is 26.0 Å². The van der Waals surface area contributed by atoms with Gasteiger partial charge in [-0.2, -0.15) is 0 Å². The van der Waals surface area contributed by atoms with Crippen molar-refractivity contribution in [2.75, 3.05) is 5.32 Å². The summed E-state index contributed by atoms with van der Waals surface area (Å²) >= 11 is 12.2. The van der Waals surface area contributed by atoms with Gasteiger partial charge < -0.3 is 14.9 Å². The van der Waals surface area contributed by atoms with E-state index in [0.29, 0.717) is 5.22 Å². The Balaban J connectivity index is 2.24. The van der Waals surface area contributed by atoms with Crippen molar-refractivity contribution in [3.05, 3.63) is 74.7 Å². The second-order valence-corrected chi connectivity index (χ2v) is 7.97. The second kappa shape index (κ2) is 9.02. The summed E-state index contributed by atoms with van der Waals surface area (Å²) in [6, 6.07) is 8.91. The van der Waals surface area contributed by atoms with Crippen molar-refractivity contribution < 1.29 is 29.3 Å². The number of anilines is 1. The minimum absolute atomic E-state index is 0.0860. The van der Waals surface area contributed by atoms with Gasteiger partial charge in [0, 0.05) is 22.6 Å². The number of carbonyl (C=O) groups is 3. The number of hydrogen-bond acceptors (Lipinski definition) is 5. The third-order valence-electron chi connectivity index (χ3n) is 4.58. The van der Waals surface area contributed by atoms with Crippen molar-refractivity contribution in [1.82, 2.24) is 0 Å². The van der Waals surface area contributed by atoms with E-state index in [2.05, 4.69) is 10.3 Å². The van der Waals surface area contributed by atoms with E-state index in [1.807, 2.05) is 0 Å². The first-order valence-electron chi connectivity index (χ1n) is 9.37. The van der Waals surface area contributed by atoms with Crippen molar-refractivity contribution in [2.45, 2.75) is 25.5 Å². The molecule has 1 atom stereocenters. The van der Waals surface area contributed by atoms with Crippen LogP contribution in [0, 0.1) is 0 Å². The number of carboxylic acids is 2. The van der Waals surface area contributed by atoms with Gasteiger partial charge in [0.15, 0.2) is 0 Å². The minimum Gasteiger partial charge on any atom is -0.479 e. The molecule has 10 heteroatoms. The standard InChI is InChI=1S/C22H18Cl2N2O6/c1-11(2)32-21(31)25-13-5-3-4-12(8-13)22(20(29)30)15(6-7-19(27)28)14-9-16(23)17(24)10-18(14)26-22/h3-11H,1-2H3,(H,25,31)(H,27,28)(H,29,30). The van der Waals surface area contributed by atoms with Gasteiger partial charge in [0.05, 0.1) is 21.5 Å². The summed E-state index contributed by atoms with van der Waals surface area (Å²) < 4.78 is 5.05. The van der Waals surface area contributed by atoms with Crippen LogP contribution in [-0.4, -0.2) is 34.3 Å². The molecule has 166 valence electrons. The van der Waals surface area contributed by atoms with E-state index in [4.69, 9.17) is 33.0 Å². The quantitative estimate of drug-likeness (QED) is 0.548. The van der Waals surface area contributed by atoms with Crippen LogP contribution < -0.4 is 15.9 Å². The first-order valence-corrected chi connectivity index (χ1v) is 10.1. The van der Waals surface area contributed by atoms with Crippen LogP contribution in [0.2, 0.25) is 10.0 Å². The fourth-order valence-electron chi connectivity index (χ4n) is 3.34. The van der Waals surface area contributed by atoms with Crippen molar-refractivity contribution in [2.24, 2.45) is 4.99 Å². The Morgan fingerprint density at radius 2 is 1.81 bits per heavy atom. The predicted octanol–water partition coefficient (Wildman–Crippen LogP) is 3.36. The van der Waals surface area contributed by atoms with E-state index in [0.717, 1.165) is 6.08 Å². The molecule has 2 aromatic rings. The van der Waals surface area contributed by atoms with Crippen LogP contribution >= 0.6 is 23.2 Å². The Morgan fingerprint density at radius 3 is 2.44 bits per heavy atom. The van der Waals surface area contributed by atoms with Gasteiger partial charge in [-0.1, -0.05) is 35.3 Å². The fourth-order valence-corrected chi connectivity index (χ4v) is 3.66. The lowest BCUT2D eigenvalue weighted by molar-refractivity contribution is -0.141. The third kappa shape index (κ3) is 4.46. The highest BCUT2D eigenvalue weighted by atomic mass is 35.5. The molecule has 0 saturated heterocycles. The Hall–Kier alpha value is -3.36. The number of carboxylic acid groups (broad SMARTS) is 2. The predicted molar refractivity (Wildman–Crippen MR) is 118 cm³/mol. The topological polar surface area (TPSA) is 125 Å². The van der Waals surface area contributed by atoms with Gasteiger partial charge in [0.1, 0.15) is 0 Å². The molecular formula is C22H18Cl2N2O6. The highest BCUT2D eigenvalue weighted by Gasteiger charge is 2.46. The lowest BCUT2D eigenvalue weighted by Gasteiger charge is -2.25. The number of rotatable bonds is 6. The molecule has 32 heavy (non-hydrogen) atoms. The molecule has 1 heterocycles. The summed E-state index contributed by atoms with van der Waals surface area (Å²) in [6.45, 7) is 3.38. The first-order chi connectivity index (χ1) is 15.0. The molecule has 0 fully saturated rings. The minimum atomic E-state index is -2.00. The Bertz CT molecular complexity index is 1270. The van der Waals surface area contributed by atoms with Gasteiger partial charge in [0.25, 0.3) is 0 Å². The molecular weight excluding hydrogens is 459 g/mol. The number of fused-ring (bicyclic) bond motifs is 1. The smallest absolute Gasteiger partial charge is 0.411 e. The molecule has 0 aromatic heterocycles. The SMILES string of the molecule is CC(C)OC(=O)Nc1cccc(C2(C(=O)O)N=c3cc(Cl)c(Cl)cc3=C2C=CC(=O)O)c1. The number of halogens is 2. The van der Waals surface area contributed by atoms with Gasteiger partial charge in [-0.05, 0) is 49.8 Å². The maximum absolute atomic E-state index is 12.6. The number of carbonyl (C=O) groups excluding carboxylic acids is 1. The van der Waals surface area contributed by atoms with Crippen LogP contribution in [0.5, 0.6) is 0 Å². The van der Waals surface area contributed by atoms with Crippen molar-refractivity contribution in [3.8, 4) is 0 Å². The van der Waals surface area contributed by atoms with Gasteiger partial charge in [-0.25, -0.2) is 14.4 Å². The van der Waals surface area contributed by atoms with Crippen LogP contribution in [0.4, 0.5) is 10.5 Å². The van der Waals surface area contributed by atoms with Crippen LogP contribution in [0.25, 0.3) is 5.57 Å². The van der Waals surface area contributed by atoms with Gasteiger partial charge in [-0.15, -0.1) is 0 Å². The van der Waals surface area contributed by atoms with E-state index < -0.39 is 23.6 Å².